The van der Waals surface area contributed by atoms with E-state index in [4.69, 9.17) is 0 Å². The molecule has 0 amide bonds. The number of hydrogen-bond acceptors (Lipinski definition) is 4. The van der Waals surface area contributed by atoms with Gasteiger partial charge in [-0.1, -0.05) is 23.1 Å². The fraction of sp³-hybridized carbons (Fsp3) is 0.333. The number of halogens is 3. The predicted molar refractivity (Wildman–Crippen MR) is 53.2 cm³/mol. The highest BCUT2D eigenvalue weighted by atomic mass is 79.9. The SMILES string of the molecule is FC(F)=CCCSc1nnc(Br)s1. The Labute approximate surface area is 90.6 Å². The van der Waals surface area contributed by atoms with Gasteiger partial charge >= 0.3 is 0 Å². The molecule has 0 spiro atoms. The van der Waals surface area contributed by atoms with E-state index in [1.807, 2.05) is 0 Å². The van der Waals surface area contributed by atoms with Crippen molar-refractivity contribution in [2.45, 2.75) is 10.8 Å². The van der Waals surface area contributed by atoms with Gasteiger partial charge in [0.1, 0.15) is 0 Å². The summed E-state index contributed by atoms with van der Waals surface area (Å²) in [4.78, 5) is 0. The lowest BCUT2D eigenvalue weighted by Gasteiger charge is -1.90. The zero-order valence-corrected chi connectivity index (χ0v) is 9.56. The molecule has 0 atom stereocenters. The molecular weight excluding hydrogens is 282 g/mol. The zero-order valence-electron chi connectivity index (χ0n) is 6.34. The van der Waals surface area contributed by atoms with Crippen LogP contribution in [0.3, 0.4) is 0 Å². The molecule has 0 saturated carbocycles. The molecule has 13 heavy (non-hydrogen) atoms. The summed E-state index contributed by atoms with van der Waals surface area (Å²) in [5.41, 5.74) is 0. The van der Waals surface area contributed by atoms with Gasteiger partial charge in [-0.3, -0.25) is 0 Å². The summed E-state index contributed by atoms with van der Waals surface area (Å²) in [6, 6.07) is 0. The van der Waals surface area contributed by atoms with E-state index in [0.717, 1.165) is 10.4 Å². The Morgan fingerprint density at radius 2 is 2.31 bits per heavy atom. The summed E-state index contributed by atoms with van der Waals surface area (Å²) < 4.78 is 24.7. The van der Waals surface area contributed by atoms with Gasteiger partial charge in [0.25, 0.3) is 6.08 Å². The molecular formula is C6H5BrF2N2S2. The molecule has 0 aliphatic rings. The first-order valence-electron chi connectivity index (χ1n) is 3.31. The molecule has 72 valence electrons. The van der Waals surface area contributed by atoms with Crippen LogP contribution in [0.25, 0.3) is 0 Å². The van der Waals surface area contributed by atoms with Crippen molar-refractivity contribution in [3.05, 3.63) is 16.1 Å². The lowest BCUT2D eigenvalue weighted by atomic mass is 10.5. The minimum absolute atomic E-state index is 0.351. The number of rotatable bonds is 4. The van der Waals surface area contributed by atoms with Gasteiger partial charge in [-0.15, -0.1) is 10.2 Å². The molecule has 1 aromatic heterocycles. The third-order valence-electron chi connectivity index (χ3n) is 1.02. The summed E-state index contributed by atoms with van der Waals surface area (Å²) in [5, 5.41) is 7.54. The Bertz CT molecular complexity index is 299. The molecule has 0 radical (unpaired) electrons. The molecule has 0 aliphatic carbocycles. The van der Waals surface area contributed by atoms with Gasteiger partial charge in [-0.25, -0.2) is 0 Å². The summed E-state index contributed by atoms with van der Waals surface area (Å²) in [5.74, 6) is 0.596. The van der Waals surface area contributed by atoms with Crippen molar-refractivity contribution in [1.29, 1.82) is 0 Å². The van der Waals surface area contributed by atoms with Gasteiger partial charge in [-0.05, 0) is 28.4 Å². The van der Waals surface area contributed by atoms with E-state index in [1.54, 1.807) is 0 Å². The van der Waals surface area contributed by atoms with Gasteiger partial charge in [0, 0.05) is 5.75 Å². The monoisotopic (exact) mass is 286 g/mol. The van der Waals surface area contributed by atoms with Crippen molar-refractivity contribution in [3.8, 4) is 0 Å². The van der Waals surface area contributed by atoms with Crippen LogP contribution in [0.1, 0.15) is 6.42 Å². The first-order chi connectivity index (χ1) is 6.18. The molecule has 1 heterocycles. The van der Waals surface area contributed by atoms with Gasteiger partial charge in [-0.2, -0.15) is 8.78 Å². The summed E-state index contributed by atoms with van der Waals surface area (Å²) in [6.07, 6.45) is -0.369. The van der Waals surface area contributed by atoms with Crippen molar-refractivity contribution in [1.82, 2.24) is 10.2 Å². The second-order valence-electron chi connectivity index (χ2n) is 1.95. The molecule has 0 aliphatic heterocycles. The summed E-state index contributed by atoms with van der Waals surface area (Å²) >= 11 is 5.98. The van der Waals surface area contributed by atoms with Crippen LogP contribution in [0.5, 0.6) is 0 Å². The quantitative estimate of drug-likeness (QED) is 0.625. The lowest BCUT2D eigenvalue weighted by Crippen LogP contribution is -1.76. The molecule has 0 aromatic carbocycles. The lowest BCUT2D eigenvalue weighted by molar-refractivity contribution is 0.418. The smallest absolute Gasteiger partial charge is 0.174 e. The van der Waals surface area contributed by atoms with Crippen LogP contribution in [-0.4, -0.2) is 16.0 Å². The third kappa shape index (κ3) is 4.68. The number of allylic oxidation sites excluding steroid dienone is 1. The highest BCUT2D eigenvalue weighted by Crippen LogP contribution is 2.25. The second-order valence-corrected chi connectivity index (χ2v) is 5.55. The highest BCUT2D eigenvalue weighted by molar-refractivity contribution is 9.11. The van der Waals surface area contributed by atoms with E-state index in [0.29, 0.717) is 16.1 Å². The molecule has 1 rings (SSSR count). The zero-order chi connectivity index (χ0) is 9.68. The van der Waals surface area contributed by atoms with Crippen LogP contribution in [0, 0.1) is 0 Å². The topological polar surface area (TPSA) is 25.8 Å². The normalized spacial score (nSPS) is 10.1. The Morgan fingerprint density at radius 1 is 1.54 bits per heavy atom. The molecule has 7 heteroatoms. The van der Waals surface area contributed by atoms with Gasteiger partial charge in [0.05, 0.1) is 0 Å². The number of aromatic nitrogens is 2. The molecule has 0 bridgehead atoms. The largest absolute Gasteiger partial charge is 0.266 e. The Hall–Kier alpha value is -0.0100. The Morgan fingerprint density at radius 3 is 2.85 bits per heavy atom. The maximum Gasteiger partial charge on any atom is 0.266 e. The van der Waals surface area contributed by atoms with Crippen molar-refractivity contribution >= 4 is 39.0 Å². The van der Waals surface area contributed by atoms with Crippen LogP contribution in [0.15, 0.2) is 20.4 Å². The average Bonchev–Trinajstić information content (AvgIpc) is 2.45. The van der Waals surface area contributed by atoms with Crippen molar-refractivity contribution in [3.63, 3.8) is 0 Å². The van der Waals surface area contributed by atoms with E-state index in [-0.39, 0.29) is 0 Å². The molecule has 0 fully saturated rings. The van der Waals surface area contributed by atoms with E-state index in [9.17, 15) is 8.78 Å². The fourth-order valence-electron chi connectivity index (χ4n) is 0.566. The van der Waals surface area contributed by atoms with E-state index in [1.165, 1.54) is 23.1 Å². The maximum absolute atomic E-state index is 11.6. The molecule has 0 N–H and O–H groups in total. The second kappa shape index (κ2) is 5.66. The van der Waals surface area contributed by atoms with Crippen molar-refractivity contribution in [2.75, 3.05) is 5.75 Å². The van der Waals surface area contributed by atoms with Crippen molar-refractivity contribution in [2.24, 2.45) is 0 Å². The third-order valence-corrected chi connectivity index (χ3v) is 3.55. The molecule has 1 aromatic rings. The fourth-order valence-corrected chi connectivity index (χ4v) is 2.97. The molecule has 0 saturated heterocycles. The number of thioether (sulfide) groups is 1. The van der Waals surface area contributed by atoms with Gasteiger partial charge in [0.15, 0.2) is 8.26 Å². The van der Waals surface area contributed by atoms with E-state index in [2.05, 4.69) is 26.1 Å². The molecule has 2 nitrogen and oxygen atoms in total. The minimum atomic E-state index is -1.63. The highest BCUT2D eigenvalue weighted by Gasteiger charge is 2.00. The molecule has 0 unspecified atom stereocenters. The first-order valence-corrected chi connectivity index (χ1v) is 5.91. The standard InChI is InChI=1S/C6H5BrF2N2S2/c7-5-10-11-6(13-5)12-3-1-2-4(8)9/h2H,1,3H2. The van der Waals surface area contributed by atoms with Gasteiger partial charge in [0.2, 0.25) is 0 Å². The Kier molecular flexibility index (Phi) is 4.82. The van der Waals surface area contributed by atoms with Crippen LogP contribution < -0.4 is 0 Å². The predicted octanol–water partition coefficient (Wildman–Crippen LogP) is 3.56. The van der Waals surface area contributed by atoms with E-state index < -0.39 is 6.08 Å². The number of hydrogen-bond donors (Lipinski definition) is 0. The van der Waals surface area contributed by atoms with Crippen LogP contribution >= 0.6 is 39.0 Å². The van der Waals surface area contributed by atoms with Crippen LogP contribution in [0.4, 0.5) is 8.78 Å². The van der Waals surface area contributed by atoms with Gasteiger partial charge < -0.3 is 0 Å². The van der Waals surface area contributed by atoms with E-state index >= 15 is 0 Å². The Balaban J connectivity index is 2.24. The minimum Gasteiger partial charge on any atom is -0.174 e. The van der Waals surface area contributed by atoms with Crippen LogP contribution in [0.2, 0.25) is 0 Å². The maximum atomic E-state index is 11.6. The average molecular weight is 287 g/mol. The summed E-state index contributed by atoms with van der Waals surface area (Å²) in [6.45, 7) is 0. The first kappa shape index (κ1) is 11.1. The summed E-state index contributed by atoms with van der Waals surface area (Å²) in [7, 11) is 0. The van der Waals surface area contributed by atoms with Crippen molar-refractivity contribution < 1.29 is 8.78 Å². The van der Waals surface area contributed by atoms with Crippen LogP contribution in [-0.2, 0) is 0 Å². The number of nitrogens with zero attached hydrogens (tertiary/aromatic N) is 2.